The van der Waals surface area contributed by atoms with Crippen LogP contribution in [0.25, 0.3) is 0 Å². The van der Waals surface area contributed by atoms with E-state index in [1.165, 1.54) is 16.8 Å². The van der Waals surface area contributed by atoms with Crippen LogP contribution in [-0.4, -0.2) is 33.8 Å². The molecule has 1 fully saturated rings. The number of hydrogen-bond acceptors (Lipinski definition) is 7. The quantitative estimate of drug-likeness (QED) is 0.758. The van der Waals surface area contributed by atoms with Crippen LogP contribution in [0.4, 0.5) is 5.82 Å². The molecule has 0 aliphatic carbocycles. The van der Waals surface area contributed by atoms with Crippen molar-refractivity contribution in [3.8, 4) is 0 Å². The van der Waals surface area contributed by atoms with E-state index in [1.54, 1.807) is 0 Å². The van der Waals surface area contributed by atoms with E-state index in [9.17, 15) is 14.3 Å². The molecule has 0 aromatic carbocycles. The molecule has 9 nitrogen and oxygen atoms in total. The van der Waals surface area contributed by atoms with Gasteiger partial charge >= 0.3 is 13.5 Å². The Bertz CT molecular complexity index is 606. The van der Waals surface area contributed by atoms with Gasteiger partial charge < -0.3 is 15.4 Å². The minimum Gasteiger partial charge on any atom is -0.383 e. The molecule has 2 heterocycles. The molecule has 1 saturated heterocycles. The van der Waals surface area contributed by atoms with E-state index in [4.69, 9.17) is 15.0 Å². The molecule has 0 radical (unpaired) electrons. The van der Waals surface area contributed by atoms with Crippen molar-refractivity contribution >= 4 is 13.6 Å². The van der Waals surface area contributed by atoms with Gasteiger partial charge in [0, 0.05) is 19.7 Å². The van der Waals surface area contributed by atoms with Crippen LogP contribution >= 0.6 is 7.82 Å². The maximum absolute atomic E-state index is 11.8. The topological polar surface area (TPSA) is 126 Å². The van der Waals surface area contributed by atoms with Gasteiger partial charge in [0.15, 0.2) is 0 Å². The minimum atomic E-state index is -4.11. The fraction of sp³-hybridized carbons (Fsp3) is 0.636. The molecule has 118 valence electrons. The van der Waals surface area contributed by atoms with Crippen molar-refractivity contribution in [2.45, 2.75) is 38.2 Å². The largest absolute Gasteiger partial charge is 0.472 e. The molecule has 2 rings (SSSR count). The Kier molecular flexibility index (Phi) is 4.80. The lowest BCUT2D eigenvalue weighted by molar-refractivity contribution is -0.0221. The van der Waals surface area contributed by atoms with Gasteiger partial charge in [0.2, 0.25) is 0 Å². The summed E-state index contributed by atoms with van der Waals surface area (Å²) in [6.45, 7) is 1.85. The summed E-state index contributed by atoms with van der Waals surface area (Å²) in [6, 6.07) is 1.48. The van der Waals surface area contributed by atoms with E-state index in [-0.39, 0.29) is 12.2 Å². The Labute approximate surface area is 121 Å². The molecule has 0 saturated carbocycles. The number of nitrogens with two attached hydrogens (primary N) is 1. The highest BCUT2D eigenvalue weighted by molar-refractivity contribution is 7.47. The normalized spacial score (nSPS) is 28.4. The monoisotopic (exact) mass is 319 g/mol. The standard InChI is InChI=1S/C11H18N3O6P/c1-3-7-8(20-21(16,17)18-2)6-10(19-7)14-5-4-9(12)13-11(14)15/h4-5,7-8,10H,3,6H2,1-2H3,(H,16,17)(H2,12,13,15). The van der Waals surface area contributed by atoms with Crippen molar-refractivity contribution in [2.75, 3.05) is 12.8 Å². The Hall–Kier alpha value is -1.25. The van der Waals surface area contributed by atoms with E-state index >= 15 is 0 Å². The Morgan fingerprint density at radius 2 is 2.38 bits per heavy atom. The smallest absolute Gasteiger partial charge is 0.383 e. The predicted molar refractivity (Wildman–Crippen MR) is 73.4 cm³/mol. The molecule has 1 aliphatic heterocycles. The fourth-order valence-electron chi connectivity index (χ4n) is 2.20. The number of ether oxygens (including phenoxy) is 1. The molecule has 10 heteroatoms. The molecule has 4 atom stereocenters. The van der Waals surface area contributed by atoms with Gasteiger partial charge in [-0.15, -0.1) is 0 Å². The van der Waals surface area contributed by atoms with Gasteiger partial charge in [-0.2, -0.15) is 4.98 Å². The average Bonchev–Trinajstić information content (AvgIpc) is 2.80. The lowest BCUT2D eigenvalue weighted by atomic mass is 10.1. The molecule has 1 aromatic rings. The summed E-state index contributed by atoms with van der Waals surface area (Å²) in [4.78, 5) is 24.8. The molecule has 3 N–H and O–H groups in total. The van der Waals surface area contributed by atoms with Gasteiger partial charge in [-0.1, -0.05) is 6.92 Å². The van der Waals surface area contributed by atoms with Crippen molar-refractivity contribution in [1.82, 2.24) is 9.55 Å². The lowest BCUT2D eigenvalue weighted by Crippen LogP contribution is -2.27. The van der Waals surface area contributed by atoms with Crippen molar-refractivity contribution in [1.29, 1.82) is 0 Å². The highest BCUT2D eigenvalue weighted by Crippen LogP contribution is 2.47. The highest BCUT2D eigenvalue weighted by Gasteiger charge is 2.40. The van der Waals surface area contributed by atoms with Crippen molar-refractivity contribution < 1.29 is 23.2 Å². The predicted octanol–water partition coefficient (Wildman–Crippen LogP) is 0.655. The molecule has 0 amide bonds. The zero-order chi connectivity index (χ0) is 15.6. The van der Waals surface area contributed by atoms with E-state index in [0.717, 1.165) is 7.11 Å². The summed E-state index contributed by atoms with van der Waals surface area (Å²) < 4.78 is 28.0. The van der Waals surface area contributed by atoms with E-state index in [0.29, 0.717) is 6.42 Å². The van der Waals surface area contributed by atoms with Gasteiger partial charge in [-0.25, -0.2) is 9.36 Å². The molecule has 0 spiro atoms. The number of phosphoric acid groups is 1. The Balaban J connectivity index is 2.18. The van der Waals surface area contributed by atoms with E-state index < -0.39 is 31.9 Å². The molecule has 21 heavy (non-hydrogen) atoms. The SMILES string of the molecule is CCC1OC(n2ccc(N)nc2=O)CC1OP(=O)(O)OC. The first kappa shape index (κ1) is 16.1. The maximum atomic E-state index is 11.8. The summed E-state index contributed by atoms with van der Waals surface area (Å²) in [5.74, 6) is 0.119. The molecule has 0 bridgehead atoms. The first-order valence-electron chi connectivity index (χ1n) is 6.43. The van der Waals surface area contributed by atoms with Crippen LogP contribution in [0.3, 0.4) is 0 Å². The van der Waals surface area contributed by atoms with Crippen LogP contribution in [0.2, 0.25) is 0 Å². The maximum Gasteiger partial charge on any atom is 0.472 e. The number of nitrogen functional groups attached to an aromatic ring is 1. The molecule has 4 unspecified atom stereocenters. The third-order valence-corrected chi connectivity index (χ3v) is 4.24. The second-order valence-electron chi connectivity index (χ2n) is 4.61. The molecular weight excluding hydrogens is 301 g/mol. The van der Waals surface area contributed by atoms with E-state index in [2.05, 4.69) is 9.51 Å². The second kappa shape index (κ2) is 6.25. The van der Waals surface area contributed by atoms with Crippen molar-refractivity contribution in [3.05, 3.63) is 22.7 Å². The number of aromatic nitrogens is 2. The Morgan fingerprint density at radius 3 is 2.95 bits per heavy atom. The zero-order valence-corrected chi connectivity index (χ0v) is 12.6. The van der Waals surface area contributed by atoms with E-state index in [1.807, 2.05) is 6.92 Å². The lowest BCUT2D eigenvalue weighted by Gasteiger charge is -2.18. The van der Waals surface area contributed by atoms with Crippen LogP contribution in [0.15, 0.2) is 17.1 Å². The number of nitrogens with zero attached hydrogens (tertiary/aromatic N) is 2. The molecular formula is C11H18N3O6P. The van der Waals surface area contributed by atoms with Gasteiger partial charge in [0.1, 0.15) is 12.0 Å². The third-order valence-electron chi connectivity index (χ3n) is 3.24. The average molecular weight is 319 g/mol. The Morgan fingerprint density at radius 1 is 1.67 bits per heavy atom. The zero-order valence-electron chi connectivity index (χ0n) is 11.7. The van der Waals surface area contributed by atoms with Crippen molar-refractivity contribution in [3.63, 3.8) is 0 Å². The van der Waals surface area contributed by atoms with Crippen molar-refractivity contribution in [2.24, 2.45) is 0 Å². The first-order chi connectivity index (χ1) is 9.86. The minimum absolute atomic E-state index is 0.119. The number of hydrogen-bond donors (Lipinski definition) is 2. The summed E-state index contributed by atoms with van der Waals surface area (Å²) >= 11 is 0. The summed E-state index contributed by atoms with van der Waals surface area (Å²) in [6.07, 6.45) is 0.562. The van der Waals surface area contributed by atoms with Crippen LogP contribution in [0.5, 0.6) is 0 Å². The van der Waals surface area contributed by atoms with Crippen LogP contribution in [-0.2, 0) is 18.3 Å². The van der Waals surface area contributed by atoms with Gasteiger partial charge in [0.05, 0.1) is 12.2 Å². The van der Waals surface area contributed by atoms with Crippen LogP contribution < -0.4 is 11.4 Å². The summed E-state index contributed by atoms with van der Waals surface area (Å²) in [5.41, 5.74) is 4.88. The number of rotatable bonds is 5. The summed E-state index contributed by atoms with van der Waals surface area (Å²) in [7, 11) is -3.03. The highest BCUT2D eigenvalue weighted by atomic mass is 31.2. The second-order valence-corrected chi connectivity index (χ2v) is 6.12. The fourth-order valence-corrected chi connectivity index (χ4v) is 2.85. The summed E-state index contributed by atoms with van der Waals surface area (Å²) in [5, 5.41) is 0. The third kappa shape index (κ3) is 3.69. The van der Waals surface area contributed by atoms with Crippen LogP contribution in [0.1, 0.15) is 26.0 Å². The van der Waals surface area contributed by atoms with Gasteiger partial charge in [0.25, 0.3) is 0 Å². The molecule has 1 aliphatic rings. The number of anilines is 1. The first-order valence-corrected chi connectivity index (χ1v) is 7.93. The van der Waals surface area contributed by atoms with Gasteiger partial charge in [-0.3, -0.25) is 13.6 Å². The van der Waals surface area contributed by atoms with Gasteiger partial charge in [-0.05, 0) is 12.5 Å². The number of phosphoric ester groups is 1. The molecule has 1 aromatic heterocycles. The van der Waals surface area contributed by atoms with Crippen LogP contribution in [0, 0.1) is 0 Å².